The summed E-state index contributed by atoms with van der Waals surface area (Å²) < 4.78 is 55.8. The number of sulfone groups is 1. The monoisotopic (exact) mass is 532 g/mol. The normalized spacial score (nSPS) is 11.6. The third-order valence-corrected chi connectivity index (χ3v) is 7.08. The summed E-state index contributed by atoms with van der Waals surface area (Å²) in [5, 5.41) is 20.5. The van der Waals surface area contributed by atoms with E-state index in [1.165, 1.54) is 42.5 Å². The lowest BCUT2D eigenvalue weighted by atomic mass is 10.0. The zero-order chi connectivity index (χ0) is 27.0. The zero-order valence-electron chi connectivity index (χ0n) is 20.5. The van der Waals surface area contributed by atoms with E-state index in [-0.39, 0.29) is 40.5 Å². The lowest BCUT2D eigenvalue weighted by molar-refractivity contribution is -0.0364. The van der Waals surface area contributed by atoms with Gasteiger partial charge in [-0.05, 0) is 67.4 Å². The molecule has 8 nitrogen and oxygen atoms in total. The van der Waals surface area contributed by atoms with Gasteiger partial charge in [0.15, 0.2) is 9.84 Å². The minimum atomic E-state index is -3.89. The molecule has 0 spiro atoms. The number of ether oxygens (including phenoxy) is 3. The van der Waals surface area contributed by atoms with Crippen LogP contribution in [-0.2, 0) is 29.8 Å². The van der Waals surface area contributed by atoms with Crippen LogP contribution in [0.15, 0.2) is 65.6 Å². The summed E-state index contributed by atoms with van der Waals surface area (Å²) in [6.45, 7) is 4.74. The second-order valence-corrected chi connectivity index (χ2v) is 10.1. The van der Waals surface area contributed by atoms with Crippen LogP contribution in [0.4, 0.5) is 4.39 Å². The van der Waals surface area contributed by atoms with E-state index in [2.05, 4.69) is 0 Å². The highest BCUT2D eigenvalue weighted by atomic mass is 32.2. The molecule has 0 fully saturated rings. The number of halogens is 1. The van der Waals surface area contributed by atoms with Gasteiger partial charge in [0.2, 0.25) is 0 Å². The number of hydrogen-bond acceptors (Lipinski definition) is 8. The fourth-order valence-electron chi connectivity index (χ4n) is 3.57. The van der Waals surface area contributed by atoms with Crippen molar-refractivity contribution in [1.29, 1.82) is 0 Å². The highest BCUT2D eigenvalue weighted by Crippen LogP contribution is 2.32. The van der Waals surface area contributed by atoms with E-state index in [0.717, 1.165) is 12.1 Å². The van der Waals surface area contributed by atoms with Gasteiger partial charge in [-0.25, -0.2) is 17.6 Å². The molecule has 0 bridgehead atoms. The standard InChI is InChI=1S/C27H29FO8S/c1-3-34-15-21(16-35-4-2)36-27(31)23-10-8-18(12-26(23)30)17-37(32,33)22-7-5-6-19(13-22)24-14-20(28)9-11-25(24)29/h5-14,21,29-30H,3-4,15-17H2,1-2H3. The summed E-state index contributed by atoms with van der Waals surface area (Å²) in [6, 6.07) is 13.1. The fourth-order valence-corrected chi connectivity index (χ4v) is 4.95. The first-order valence-electron chi connectivity index (χ1n) is 11.6. The molecule has 2 N–H and O–H groups in total. The van der Waals surface area contributed by atoms with E-state index < -0.39 is 39.2 Å². The summed E-state index contributed by atoms with van der Waals surface area (Å²) >= 11 is 0. The van der Waals surface area contributed by atoms with Crippen LogP contribution in [0.3, 0.4) is 0 Å². The molecule has 0 heterocycles. The Morgan fingerprint density at radius 1 is 0.919 bits per heavy atom. The van der Waals surface area contributed by atoms with Crippen molar-refractivity contribution in [2.75, 3.05) is 26.4 Å². The van der Waals surface area contributed by atoms with Gasteiger partial charge in [-0.15, -0.1) is 0 Å². The van der Waals surface area contributed by atoms with Crippen molar-refractivity contribution >= 4 is 15.8 Å². The molecule has 0 aromatic heterocycles. The molecule has 0 radical (unpaired) electrons. The van der Waals surface area contributed by atoms with Gasteiger partial charge < -0.3 is 24.4 Å². The molecule has 3 aromatic rings. The summed E-state index contributed by atoms with van der Waals surface area (Å²) in [4.78, 5) is 12.5. The molecule has 198 valence electrons. The van der Waals surface area contributed by atoms with Crippen LogP contribution >= 0.6 is 0 Å². The van der Waals surface area contributed by atoms with Gasteiger partial charge in [-0.1, -0.05) is 18.2 Å². The lowest BCUT2D eigenvalue weighted by Gasteiger charge is -2.18. The molecule has 0 aliphatic heterocycles. The maximum Gasteiger partial charge on any atom is 0.342 e. The maximum absolute atomic E-state index is 13.7. The topological polar surface area (TPSA) is 119 Å². The number of esters is 1. The summed E-state index contributed by atoms with van der Waals surface area (Å²) in [6.07, 6.45) is -0.670. The molecule has 0 atom stereocenters. The number of hydrogen-bond donors (Lipinski definition) is 2. The molecular weight excluding hydrogens is 503 g/mol. The Labute approximate surface area is 215 Å². The summed E-state index contributed by atoms with van der Waals surface area (Å²) in [5.74, 6) is -2.45. The predicted molar refractivity (Wildman–Crippen MR) is 135 cm³/mol. The Kier molecular flexibility index (Phi) is 9.62. The average Bonchev–Trinajstić information content (AvgIpc) is 2.87. The summed E-state index contributed by atoms with van der Waals surface area (Å²) in [7, 11) is -3.89. The first-order valence-corrected chi connectivity index (χ1v) is 13.3. The average molecular weight is 533 g/mol. The van der Waals surface area contributed by atoms with Crippen molar-refractivity contribution in [3.05, 3.63) is 77.6 Å². The minimum absolute atomic E-state index is 0.0497. The quantitative estimate of drug-likeness (QED) is 0.328. The zero-order valence-corrected chi connectivity index (χ0v) is 21.3. The van der Waals surface area contributed by atoms with Gasteiger partial charge in [-0.2, -0.15) is 0 Å². The van der Waals surface area contributed by atoms with E-state index in [9.17, 15) is 27.8 Å². The van der Waals surface area contributed by atoms with Crippen molar-refractivity contribution in [3.63, 3.8) is 0 Å². The number of aromatic hydroxyl groups is 2. The predicted octanol–water partition coefficient (Wildman–Crippen LogP) is 4.48. The number of benzene rings is 3. The first-order chi connectivity index (χ1) is 17.6. The van der Waals surface area contributed by atoms with E-state index in [1.807, 2.05) is 0 Å². The van der Waals surface area contributed by atoms with Crippen LogP contribution in [0.25, 0.3) is 11.1 Å². The molecule has 0 saturated heterocycles. The Morgan fingerprint density at radius 3 is 2.27 bits per heavy atom. The van der Waals surface area contributed by atoms with E-state index in [4.69, 9.17) is 14.2 Å². The van der Waals surface area contributed by atoms with Crippen LogP contribution in [-0.4, -0.2) is 57.1 Å². The Morgan fingerprint density at radius 2 is 1.62 bits per heavy atom. The Bertz CT molecular complexity index is 1330. The third-order valence-electron chi connectivity index (χ3n) is 5.39. The van der Waals surface area contributed by atoms with Gasteiger partial charge in [0.05, 0.1) is 23.9 Å². The molecule has 0 amide bonds. The molecule has 0 saturated carbocycles. The van der Waals surface area contributed by atoms with Crippen LogP contribution in [0.2, 0.25) is 0 Å². The van der Waals surface area contributed by atoms with Crippen molar-refractivity contribution in [2.24, 2.45) is 0 Å². The molecular formula is C27H29FO8S. The number of rotatable bonds is 12. The van der Waals surface area contributed by atoms with Gasteiger partial charge in [0.1, 0.15) is 29.0 Å². The third kappa shape index (κ3) is 7.51. The second-order valence-electron chi connectivity index (χ2n) is 8.15. The van der Waals surface area contributed by atoms with Crippen LogP contribution in [0, 0.1) is 5.82 Å². The van der Waals surface area contributed by atoms with Crippen molar-refractivity contribution in [2.45, 2.75) is 30.6 Å². The van der Waals surface area contributed by atoms with E-state index in [1.54, 1.807) is 19.9 Å². The van der Waals surface area contributed by atoms with E-state index >= 15 is 0 Å². The van der Waals surface area contributed by atoms with Gasteiger partial charge in [-0.3, -0.25) is 0 Å². The van der Waals surface area contributed by atoms with Crippen molar-refractivity contribution < 1.29 is 42.0 Å². The molecule has 0 unspecified atom stereocenters. The fraction of sp³-hybridized carbons (Fsp3) is 0.296. The van der Waals surface area contributed by atoms with Crippen LogP contribution in [0.5, 0.6) is 11.5 Å². The van der Waals surface area contributed by atoms with Gasteiger partial charge >= 0.3 is 5.97 Å². The second kappa shape index (κ2) is 12.7. The van der Waals surface area contributed by atoms with Crippen molar-refractivity contribution in [3.8, 4) is 22.6 Å². The molecule has 3 rings (SSSR count). The van der Waals surface area contributed by atoms with Gasteiger partial charge in [0, 0.05) is 18.8 Å². The first kappa shape index (κ1) is 28.1. The van der Waals surface area contributed by atoms with Gasteiger partial charge in [0.25, 0.3) is 0 Å². The smallest absolute Gasteiger partial charge is 0.342 e. The van der Waals surface area contributed by atoms with Crippen LogP contribution < -0.4 is 0 Å². The number of phenolic OH excluding ortho intramolecular Hbond substituents is 2. The Hall–Kier alpha value is -3.47. The molecule has 0 aliphatic rings. The highest BCUT2D eigenvalue weighted by molar-refractivity contribution is 7.90. The Balaban J connectivity index is 1.77. The van der Waals surface area contributed by atoms with Crippen molar-refractivity contribution in [1.82, 2.24) is 0 Å². The molecule has 10 heteroatoms. The molecule has 0 aliphatic carbocycles. The number of phenols is 2. The maximum atomic E-state index is 13.7. The highest BCUT2D eigenvalue weighted by Gasteiger charge is 2.22. The SMILES string of the molecule is CCOCC(COCC)OC(=O)c1ccc(CS(=O)(=O)c2cccc(-c3cc(F)ccc3O)c2)cc1O. The number of carbonyl (C=O) groups is 1. The molecule has 37 heavy (non-hydrogen) atoms. The minimum Gasteiger partial charge on any atom is -0.507 e. The number of carbonyl (C=O) groups excluding carboxylic acids is 1. The molecule has 3 aromatic carbocycles. The van der Waals surface area contributed by atoms with E-state index in [0.29, 0.717) is 18.8 Å². The largest absolute Gasteiger partial charge is 0.507 e. The lowest BCUT2D eigenvalue weighted by Crippen LogP contribution is -2.28. The summed E-state index contributed by atoms with van der Waals surface area (Å²) in [5.41, 5.74) is 0.605. The van der Waals surface area contributed by atoms with Crippen LogP contribution in [0.1, 0.15) is 29.8 Å².